The van der Waals surface area contributed by atoms with Crippen molar-refractivity contribution in [1.29, 1.82) is 0 Å². The SMILES string of the molecule is C[C@@H]1[C@@H](C)CCC[C@@H]1n1ccc2nc3ccn(N(C)C)c(=O)c3cc2c1=O. The third kappa shape index (κ3) is 2.83. The Labute approximate surface area is 158 Å². The quantitative estimate of drug-likeness (QED) is 0.655. The van der Waals surface area contributed by atoms with E-state index in [1.807, 2.05) is 22.9 Å². The van der Waals surface area contributed by atoms with Crippen LogP contribution < -0.4 is 16.1 Å². The molecule has 1 aliphatic carbocycles. The van der Waals surface area contributed by atoms with Gasteiger partial charge in [-0.05, 0) is 36.5 Å². The summed E-state index contributed by atoms with van der Waals surface area (Å²) in [5.41, 5.74) is 1.04. The van der Waals surface area contributed by atoms with Crippen LogP contribution in [0.15, 0.2) is 40.2 Å². The van der Waals surface area contributed by atoms with Crippen molar-refractivity contribution in [1.82, 2.24) is 14.2 Å². The number of fused-ring (bicyclic) bond motifs is 2. The summed E-state index contributed by atoms with van der Waals surface area (Å²) < 4.78 is 3.38. The van der Waals surface area contributed by atoms with E-state index >= 15 is 0 Å². The third-order valence-electron chi connectivity index (χ3n) is 6.20. The third-order valence-corrected chi connectivity index (χ3v) is 6.20. The van der Waals surface area contributed by atoms with Crippen molar-refractivity contribution < 1.29 is 0 Å². The van der Waals surface area contributed by atoms with Crippen molar-refractivity contribution in [2.45, 2.75) is 39.2 Å². The minimum atomic E-state index is -0.165. The second-order valence-electron chi connectivity index (χ2n) is 8.03. The summed E-state index contributed by atoms with van der Waals surface area (Å²) in [6, 6.07) is 5.64. The zero-order valence-electron chi connectivity index (χ0n) is 16.3. The first kappa shape index (κ1) is 17.8. The lowest BCUT2D eigenvalue weighted by Crippen LogP contribution is -2.35. The second kappa shape index (κ2) is 6.51. The van der Waals surface area contributed by atoms with Gasteiger partial charge >= 0.3 is 0 Å². The van der Waals surface area contributed by atoms with Crippen LogP contribution in [-0.4, -0.2) is 28.3 Å². The van der Waals surface area contributed by atoms with Crippen molar-refractivity contribution >= 4 is 21.8 Å². The van der Waals surface area contributed by atoms with E-state index in [-0.39, 0.29) is 17.2 Å². The molecule has 1 aliphatic rings. The minimum absolute atomic E-state index is 0.0486. The molecule has 3 heterocycles. The number of hydrogen-bond donors (Lipinski definition) is 0. The molecule has 27 heavy (non-hydrogen) atoms. The lowest BCUT2D eigenvalue weighted by molar-refractivity contribution is 0.183. The summed E-state index contributed by atoms with van der Waals surface area (Å²) in [6.07, 6.45) is 6.96. The van der Waals surface area contributed by atoms with Crippen molar-refractivity contribution in [2.75, 3.05) is 19.1 Å². The van der Waals surface area contributed by atoms with Gasteiger partial charge in [0.1, 0.15) is 0 Å². The molecule has 6 nitrogen and oxygen atoms in total. The molecule has 4 rings (SSSR count). The van der Waals surface area contributed by atoms with Crippen molar-refractivity contribution in [2.24, 2.45) is 11.8 Å². The summed E-state index contributed by atoms with van der Waals surface area (Å²) >= 11 is 0. The van der Waals surface area contributed by atoms with Crippen LogP contribution in [0.3, 0.4) is 0 Å². The van der Waals surface area contributed by atoms with Gasteiger partial charge in [-0.2, -0.15) is 0 Å². The maximum atomic E-state index is 13.3. The molecular formula is C21H26N4O2. The maximum Gasteiger partial charge on any atom is 0.278 e. The van der Waals surface area contributed by atoms with Crippen LogP contribution in [0.2, 0.25) is 0 Å². The van der Waals surface area contributed by atoms with Crippen LogP contribution in [-0.2, 0) is 0 Å². The molecule has 0 aromatic carbocycles. The molecule has 142 valence electrons. The first-order valence-electron chi connectivity index (χ1n) is 9.63. The van der Waals surface area contributed by atoms with E-state index in [0.29, 0.717) is 33.6 Å². The predicted molar refractivity (Wildman–Crippen MR) is 109 cm³/mol. The fraction of sp³-hybridized carbons (Fsp3) is 0.476. The molecule has 0 N–H and O–H groups in total. The highest BCUT2D eigenvalue weighted by molar-refractivity contribution is 5.91. The van der Waals surface area contributed by atoms with E-state index < -0.39 is 0 Å². The number of aromatic nitrogens is 3. The van der Waals surface area contributed by atoms with Crippen molar-refractivity contribution in [3.05, 3.63) is 51.3 Å². The maximum absolute atomic E-state index is 13.3. The normalized spacial score (nSPS) is 23.0. The largest absolute Gasteiger partial charge is 0.316 e. The van der Waals surface area contributed by atoms with Gasteiger partial charge in [-0.25, -0.2) is 9.66 Å². The van der Waals surface area contributed by atoms with Gasteiger partial charge in [-0.15, -0.1) is 0 Å². The van der Waals surface area contributed by atoms with E-state index in [4.69, 9.17) is 0 Å². The zero-order valence-corrected chi connectivity index (χ0v) is 16.3. The van der Waals surface area contributed by atoms with E-state index in [2.05, 4.69) is 18.8 Å². The van der Waals surface area contributed by atoms with Gasteiger partial charge in [0.15, 0.2) is 0 Å². The molecule has 0 aliphatic heterocycles. The number of pyridine rings is 3. The molecule has 3 atom stereocenters. The van der Waals surface area contributed by atoms with E-state index in [9.17, 15) is 9.59 Å². The molecular weight excluding hydrogens is 340 g/mol. The van der Waals surface area contributed by atoms with Gasteiger partial charge < -0.3 is 9.58 Å². The Hall–Kier alpha value is -2.63. The van der Waals surface area contributed by atoms with E-state index in [1.54, 1.807) is 31.4 Å². The molecule has 1 fully saturated rings. The van der Waals surface area contributed by atoms with Gasteiger partial charge in [0, 0.05) is 32.5 Å². The van der Waals surface area contributed by atoms with Crippen LogP contribution in [0, 0.1) is 11.8 Å². The Kier molecular flexibility index (Phi) is 4.29. The molecule has 0 spiro atoms. The fourth-order valence-electron chi connectivity index (χ4n) is 4.35. The van der Waals surface area contributed by atoms with Crippen molar-refractivity contribution in [3.63, 3.8) is 0 Å². The predicted octanol–water partition coefficient (Wildman–Crippen LogP) is 2.91. The van der Waals surface area contributed by atoms with Crippen LogP contribution in [0.5, 0.6) is 0 Å². The lowest BCUT2D eigenvalue weighted by atomic mass is 9.78. The number of rotatable bonds is 2. The Balaban J connectivity index is 1.94. The Morgan fingerprint density at radius 3 is 2.37 bits per heavy atom. The highest BCUT2D eigenvalue weighted by Gasteiger charge is 2.29. The Morgan fingerprint density at radius 2 is 1.67 bits per heavy atom. The summed E-state index contributed by atoms with van der Waals surface area (Å²) in [5, 5.41) is 2.70. The minimum Gasteiger partial charge on any atom is -0.316 e. The van der Waals surface area contributed by atoms with Crippen molar-refractivity contribution in [3.8, 4) is 0 Å². The topological polar surface area (TPSA) is 60.1 Å². The molecule has 0 saturated heterocycles. The summed E-state index contributed by atoms with van der Waals surface area (Å²) in [6.45, 7) is 4.50. The Bertz CT molecular complexity index is 1130. The van der Waals surface area contributed by atoms with Crippen LogP contribution in [0.25, 0.3) is 21.8 Å². The van der Waals surface area contributed by atoms with Gasteiger partial charge in [0.2, 0.25) is 0 Å². The first-order chi connectivity index (χ1) is 12.9. The smallest absolute Gasteiger partial charge is 0.278 e. The van der Waals surface area contributed by atoms with E-state index in [1.165, 1.54) is 11.1 Å². The lowest BCUT2D eigenvalue weighted by Gasteiger charge is -2.35. The molecule has 1 saturated carbocycles. The van der Waals surface area contributed by atoms with Crippen LogP contribution in [0.4, 0.5) is 0 Å². The Morgan fingerprint density at radius 1 is 1.00 bits per heavy atom. The van der Waals surface area contributed by atoms with Gasteiger partial charge in [-0.1, -0.05) is 26.7 Å². The van der Waals surface area contributed by atoms with E-state index in [0.717, 1.165) is 12.8 Å². The monoisotopic (exact) mass is 366 g/mol. The molecule has 6 heteroatoms. The average molecular weight is 366 g/mol. The molecule has 0 bridgehead atoms. The fourth-order valence-corrected chi connectivity index (χ4v) is 4.35. The van der Waals surface area contributed by atoms with Crippen LogP contribution in [0.1, 0.15) is 39.2 Å². The average Bonchev–Trinajstić information content (AvgIpc) is 2.64. The number of hydrogen-bond acceptors (Lipinski definition) is 4. The summed E-state index contributed by atoms with van der Waals surface area (Å²) in [4.78, 5) is 30.6. The highest BCUT2D eigenvalue weighted by atomic mass is 16.1. The molecule has 0 amide bonds. The molecule has 3 aromatic heterocycles. The van der Waals surface area contributed by atoms with Crippen LogP contribution >= 0.6 is 0 Å². The number of nitrogens with zero attached hydrogens (tertiary/aromatic N) is 4. The first-order valence-corrected chi connectivity index (χ1v) is 9.63. The highest BCUT2D eigenvalue weighted by Crippen LogP contribution is 2.37. The summed E-state index contributed by atoms with van der Waals surface area (Å²) in [5.74, 6) is 1.06. The molecule has 0 unspecified atom stereocenters. The zero-order chi connectivity index (χ0) is 19.3. The van der Waals surface area contributed by atoms with Gasteiger partial charge in [-0.3, -0.25) is 9.59 Å². The molecule has 3 aromatic rings. The summed E-state index contributed by atoms with van der Waals surface area (Å²) in [7, 11) is 3.61. The standard InChI is InChI=1S/C21H26N4O2/c1-13-6-5-7-19(14(13)2)24-10-8-17-15(20(24)26)12-16-18(22-17)9-11-25(21(16)27)23(3)4/h8-14,19H,5-7H2,1-4H3/t13-,14+,19-/m0/s1. The second-order valence-corrected chi connectivity index (χ2v) is 8.03. The van der Waals surface area contributed by atoms with Gasteiger partial charge in [0.25, 0.3) is 11.1 Å². The molecule has 0 radical (unpaired) electrons. The van der Waals surface area contributed by atoms with Gasteiger partial charge in [0.05, 0.1) is 21.8 Å².